The van der Waals surface area contributed by atoms with E-state index in [4.69, 9.17) is 9.47 Å². The molecule has 0 radical (unpaired) electrons. The van der Waals surface area contributed by atoms with Gasteiger partial charge in [0.25, 0.3) is 0 Å². The van der Waals surface area contributed by atoms with Gasteiger partial charge in [-0.3, -0.25) is 0 Å². The molecule has 0 unspecified atom stereocenters. The second-order valence-electron chi connectivity index (χ2n) is 9.14. The Kier molecular flexibility index (Phi) is 13.6. The molecule has 0 bridgehead atoms. The number of ether oxygens (including phenoxy) is 2. The molecule has 0 aliphatic carbocycles. The summed E-state index contributed by atoms with van der Waals surface area (Å²) in [4.78, 5) is 12.1. The molecule has 0 saturated carbocycles. The zero-order chi connectivity index (χ0) is 24.4. The third-order valence-electron chi connectivity index (χ3n) is 6.04. The fourth-order valence-corrected chi connectivity index (χ4v) is 3.49. The maximum Gasteiger partial charge on any atom is 0.338 e. The van der Waals surface area contributed by atoms with E-state index in [0.717, 1.165) is 36.3 Å². The molecule has 0 fully saturated rings. The number of benzene rings is 2. The molecule has 2 rings (SSSR count). The van der Waals surface area contributed by atoms with E-state index < -0.39 is 0 Å². The summed E-state index contributed by atoms with van der Waals surface area (Å²) in [5, 5.41) is 0. The number of unbranched alkanes of at least 4 members (excludes halogenated alkanes) is 8. The van der Waals surface area contributed by atoms with Gasteiger partial charge in [-0.05, 0) is 60.9 Å². The number of esters is 1. The summed E-state index contributed by atoms with van der Waals surface area (Å²) in [7, 11) is 0. The summed E-state index contributed by atoms with van der Waals surface area (Å²) in [6, 6.07) is 15.2. The number of carbonyl (C=O) groups is 1. The van der Waals surface area contributed by atoms with E-state index in [1.165, 1.54) is 51.4 Å². The Labute approximate surface area is 207 Å². The highest BCUT2D eigenvalue weighted by Gasteiger charge is 2.08. The van der Waals surface area contributed by atoms with E-state index in [9.17, 15) is 4.79 Å². The van der Waals surface area contributed by atoms with Gasteiger partial charge in [-0.15, -0.1) is 0 Å². The highest BCUT2D eigenvalue weighted by atomic mass is 16.5. The van der Waals surface area contributed by atoms with Gasteiger partial charge in [0.05, 0.1) is 18.8 Å². The van der Waals surface area contributed by atoms with Crippen LogP contribution in [0.4, 0.5) is 0 Å². The monoisotopic (exact) mass is 462 g/mol. The molecule has 0 aliphatic heterocycles. The van der Waals surface area contributed by atoms with Crippen LogP contribution in [0.1, 0.15) is 106 Å². The highest BCUT2D eigenvalue weighted by Crippen LogP contribution is 2.14. The Morgan fingerprint density at radius 2 is 1.29 bits per heavy atom. The molecule has 0 heterocycles. The van der Waals surface area contributed by atoms with Gasteiger partial charge >= 0.3 is 5.97 Å². The fraction of sp³-hybridized carbons (Fsp3) is 0.516. The van der Waals surface area contributed by atoms with Crippen LogP contribution < -0.4 is 4.74 Å². The molecule has 2 aromatic rings. The summed E-state index contributed by atoms with van der Waals surface area (Å²) in [5.74, 6) is 7.31. The lowest BCUT2D eigenvalue weighted by atomic mass is 10.1. The van der Waals surface area contributed by atoms with Gasteiger partial charge < -0.3 is 9.47 Å². The van der Waals surface area contributed by atoms with E-state index in [0.29, 0.717) is 18.1 Å². The minimum Gasteiger partial charge on any atom is -0.494 e. The first-order chi connectivity index (χ1) is 16.6. The number of hydrogen-bond acceptors (Lipinski definition) is 3. The first kappa shape index (κ1) is 27.5. The van der Waals surface area contributed by atoms with Crippen LogP contribution in [-0.2, 0) is 4.74 Å². The van der Waals surface area contributed by atoms with Crippen molar-refractivity contribution in [3.63, 3.8) is 0 Å². The molecule has 0 amide bonds. The van der Waals surface area contributed by atoms with E-state index in [2.05, 4.69) is 32.6 Å². The maximum atomic E-state index is 12.1. The lowest BCUT2D eigenvalue weighted by Crippen LogP contribution is -2.11. The normalized spacial score (nSPS) is 11.4. The van der Waals surface area contributed by atoms with E-state index in [1.807, 2.05) is 36.4 Å². The summed E-state index contributed by atoms with van der Waals surface area (Å²) < 4.78 is 11.2. The van der Waals surface area contributed by atoms with Gasteiger partial charge in [0.1, 0.15) is 5.75 Å². The van der Waals surface area contributed by atoms with Crippen molar-refractivity contribution < 1.29 is 14.3 Å². The van der Waals surface area contributed by atoms with Crippen LogP contribution in [0.3, 0.4) is 0 Å². The van der Waals surface area contributed by atoms with Crippen molar-refractivity contribution in [2.24, 2.45) is 5.92 Å². The highest BCUT2D eigenvalue weighted by molar-refractivity contribution is 5.89. The Morgan fingerprint density at radius 3 is 1.85 bits per heavy atom. The lowest BCUT2D eigenvalue weighted by Gasteiger charge is -2.09. The van der Waals surface area contributed by atoms with Crippen LogP contribution in [0.5, 0.6) is 5.75 Å². The summed E-state index contributed by atoms with van der Waals surface area (Å²) in [5.41, 5.74) is 2.36. The quantitative estimate of drug-likeness (QED) is 0.152. The number of rotatable bonds is 15. The second kappa shape index (κ2) is 16.8. The SMILES string of the molecule is CCCCCCCCCCCOc1ccc(C#Cc2ccc(C(=O)OC[C@@H](C)CC)cc2)cc1. The van der Waals surface area contributed by atoms with Crippen molar-refractivity contribution >= 4 is 5.97 Å². The minimum atomic E-state index is -0.280. The predicted octanol–water partition coefficient (Wildman–Crippen LogP) is 8.20. The average molecular weight is 463 g/mol. The first-order valence-corrected chi connectivity index (χ1v) is 13.1. The molecular weight excluding hydrogens is 420 g/mol. The van der Waals surface area contributed by atoms with Crippen molar-refractivity contribution in [1.29, 1.82) is 0 Å². The third-order valence-corrected chi connectivity index (χ3v) is 6.04. The van der Waals surface area contributed by atoms with Gasteiger partial charge in [0, 0.05) is 11.1 Å². The van der Waals surface area contributed by atoms with Crippen molar-refractivity contribution in [1.82, 2.24) is 0 Å². The minimum absolute atomic E-state index is 0.280. The van der Waals surface area contributed by atoms with Crippen LogP contribution in [0, 0.1) is 17.8 Å². The van der Waals surface area contributed by atoms with Crippen molar-refractivity contribution in [3.05, 3.63) is 65.2 Å². The summed E-state index contributed by atoms with van der Waals surface area (Å²) in [6.07, 6.45) is 12.8. The molecule has 34 heavy (non-hydrogen) atoms. The first-order valence-electron chi connectivity index (χ1n) is 13.1. The van der Waals surface area contributed by atoms with E-state index >= 15 is 0 Å². The molecule has 0 spiro atoms. The largest absolute Gasteiger partial charge is 0.494 e. The smallest absolute Gasteiger partial charge is 0.338 e. The van der Waals surface area contributed by atoms with E-state index in [-0.39, 0.29) is 5.97 Å². The standard InChI is InChI=1S/C31H42O3/c1-4-6-7-8-9-10-11-12-13-24-33-30-22-18-28(19-23-30)15-14-27-16-20-29(21-17-27)31(32)34-25-26(3)5-2/h16-23,26H,4-13,24-25H2,1-3H3/t26-/m0/s1. The van der Waals surface area contributed by atoms with Gasteiger partial charge in [-0.2, -0.15) is 0 Å². The topological polar surface area (TPSA) is 35.5 Å². The molecule has 1 atom stereocenters. The van der Waals surface area contributed by atoms with E-state index in [1.54, 1.807) is 12.1 Å². The van der Waals surface area contributed by atoms with Crippen LogP contribution in [-0.4, -0.2) is 19.2 Å². The molecule has 0 N–H and O–H groups in total. The zero-order valence-electron chi connectivity index (χ0n) is 21.4. The Morgan fingerprint density at radius 1 is 0.765 bits per heavy atom. The third kappa shape index (κ3) is 11.4. The van der Waals surface area contributed by atoms with Gasteiger partial charge in [-0.1, -0.05) is 90.4 Å². The Hall–Kier alpha value is -2.73. The van der Waals surface area contributed by atoms with Crippen LogP contribution in [0.2, 0.25) is 0 Å². The van der Waals surface area contributed by atoms with Crippen molar-refractivity contribution in [3.8, 4) is 17.6 Å². The second-order valence-corrected chi connectivity index (χ2v) is 9.14. The molecule has 0 saturated heterocycles. The van der Waals surface area contributed by atoms with Crippen molar-refractivity contribution in [2.45, 2.75) is 85.0 Å². The number of carbonyl (C=O) groups excluding carboxylic acids is 1. The molecule has 0 aromatic heterocycles. The predicted molar refractivity (Wildman–Crippen MR) is 141 cm³/mol. The van der Waals surface area contributed by atoms with Crippen LogP contribution in [0.25, 0.3) is 0 Å². The Balaban J connectivity index is 1.68. The maximum absolute atomic E-state index is 12.1. The van der Waals surface area contributed by atoms with Gasteiger partial charge in [0.2, 0.25) is 0 Å². The lowest BCUT2D eigenvalue weighted by molar-refractivity contribution is 0.0447. The fourth-order valence-electron chi connectivity index (χ4n) is 3.49. The molecular formula is C31H42O3. The van der Waals surface area contributed by atoms with Gasteiger partial charge in [-0.25, -0.2) is 4.79 Å². The van der Waals surface area contributed by atoms with Gasteiger partial charge in [0.15, 0.2) is 0 Å². The molecule has 3 nitrogen and oxygen atoms in total. The van der Waals surface area contributed by atoms with Crippen LogP contribution in [0.15, 0.2) is 48.5 Å². The van der Waals surface area contributed by atoms with Crippen molar-refractivity contribution in [2.75, 3.05) is 13.2 Å². The molecule has 3 heteroatoms. The molecule has 184 valence electrons. The Bertz CT molecular complexity index is 872. The van der Waals surface area contributed by atoms with Crippen LogP contribution >= 0.6 is 0 Å². The average Bonchev–Trinajstić information content (AvgIpc) is 2.88. The summed E-state index contributed by atoms with van der Waals surface area (Å²) >= 11 is 0. The summed E-state index contributed by atoms with van der Waals surface area (Å²) in [6.45, 7) is 7.65. The molecule has 0 aliphatic rings. The molecule has 2 aromatic carbocycles. The zero-order valence-corrected chi connectivity index (χ0v) is 21.4. The number of hydrogen-bond donors (Lipinski definition) is 0.